The number of nitrogens with zero attached hydrogens (tertiary/aromatic N) is 3. The first-order valence-corrected chi connectivity index (χ1v) is 8.18. The lowest BCUT2D eigenvalue weighted by Gasteiger charge is -2.12. The summed E-state index contributed by atoms with van der Waals surface area (Å²) in [6, 6.07) is 9.22. The molecule has 1 aliphatic carbocycles. The van der Waals surface area contributed by atoms with E-state index in [2.05, 4.69) is 56.4 Å². The number of hydrogen-bond donors (Lipinski definition) is 2. The number of rotatable bonds is 5. The van der Waals surface area contributed by atoms with Gasteiger partial charge in [-0.05, 0) is 30.4 Å². The summed E-state index contributed by atoms with van der Waals surface area (Å²) in [6.07, 6.45) is 5.10. The largest absolute Gasteiger partial charge is 0.353 e. The van der Waals surface area contributed by atoms with Crippen molar-refractivity contribution in [2.24, 2.45) is 10.9 Å². The molecule has 24 heavy (non-hydrogen) atoms. The lowest BCUT2D eigenvalue weighted by atomic mass is 10.1. The molecule has 2 aromatic rings. The predicted octanol–water partition coefficient (Wildman–Crippen LogP) is 2.93. The second-order valence-corrected chi connectivity index (χ2v) is 6.31. The minimum absolute atomic E-state index is 0. The van der Waals surface area contributed by atoms with Gasteiger partial charge in [0, 0.05) is 38.6 Å². The van der Waals surface area contributed by atoms with Crippen LogP contribution in [0, 0.1) is 12.8 Å². The molecule has 1 aromatic carbocycles. The van der Waals surface area contributed by atoms with E-state index in [1.165, 1.54) is 17.5 Å². The van der Waals surface area contributed by atoms with Crippen LogP contribution in [0.4, 0.5) is 0 Å². The first kappa shape index (κ1) is 18.8. The highest BCUT2D eigenvalue weighted by Crippen LogP contribution is 2.28. The quantitative estimate of drug-likeness (QED) is 0.428. The Bertz CT molecular complexity index is 694. The maximum absolute atomic E-state index is 4.29. The average molecular weight is 439 g/mol. The number of guanidine groups is 1. The zero-order valence-electron chi connectivity index (χ0n) is 14.5. The molecule has 1 heterocycles. The summed E-state index contributed by atoms with van der Waals surface area (Å²) in [4.78, 5) is 8.57. The smallest absolute Gasteiger partial charge is 0.191 e. The van der Waals surface area contributed by atoms with Crippen molar-refractivity contribution in [3.05, 3.63) is 53.6 Å². The predicted molar refractivity (Wildman–Crippen MR) is 109 cm³/mol. The topological polar surface area (TPSA) is 54.2 Å². The molecule has 0 aliphatic heterocycles. The first-order valence-electron chi connectivity index (χ1n) is 8.18. The number of halogens is 1. The van der Waals surface area contributed by atoms with Crippen molar-refractivity contribution in [3.8, 4) is 0 Å². The second kappa shape index (κ2) is 8.50. The van der Waals surface area contributed by atoms with Crippen molar-refractivity contribution < 1.29 is 0 Å². The average Bonchev–Trinajstić information content (AvgIpc) is 3.10. The molecule has 0 spiro atoms. The van der Waals surface area contributed by atoms with Gasteiger partial charge in [-0.25, -0.2) is 4.98 Å². The van der Waals surface area contributed by atoms with Crippen LogP contribution in [-0.4, -0.2) is 28.6 Å². The van der Waals surface area contributed by atoms with Gasteiger partial charge in [-0.3, -0.25) is 4.99 Å². The Balaban J connectivity index is 0.00000208. The lowest BCUT2D eigenvalue weighted by molar-refractivity contribution is 0.753. The maximum Gasteiger partial charge on any atom is 0.191 e. The molecule has 2 N–H and O–H groups in total. The molecule has 0 saturated heterocycles. The van der Waals surface area contributed by atoms with E-state index in [1.807, 2.05) is 26.4 Å². The molecule has 1 fully saturated rings. The normalized spacial score (nSPS) is 19.5. The molecule has 3 rings (SSSR count). The number of aryl methyl sites for hydroxylation is 1. The SMILES string of the molecule is CN=C(NCc1cccc(Cn2ccnc2C)c1)NC1CC1C.I. The number of imidazole rings is 1. The Hall–Kier alpha value is -1.57. The van der Waals surface area contributed by atoms with E-state index in [4.69, 9.17) is 0 Å². The molecule has 0 amide bonds. The fourth-order valence-corrected chi connectivity index (χ4v) is 2.68. The van der Waals surface area contributed by atoms with Crippen molar-refractivity contribution in [3.63, 3.8) is 0 Å². The lowest BCUT2D eigenvalue weighted by Crippen LogP contribution is -2.38. The monoisotopic (exact) mass is 439 g/mol. The molecule has 2 unspecified atom stereocenters. The highest BCUT2D eigenvalue weighted by atomic mass is 127. The third-order valence-corrected chi connectivity index (χ3v) is 4.38. The number of aliphatic imine (C=N–C) groups is 1. The summed E-state index contributed by atoms with van der Waals surface area (Å²) < 4.78 is 2.15. The Labute approximate surface area is 161 Å². The Morgan fingerprint density at radius 3 is 2.75 bits per heavy atom. The van der Waals surface area contributed by atoms with Crippen molar-refractivity contribution in [2.75, 3.05) is 7.05 Å². The minimum atomic E-state index is 0. The first-order chi connectivity index (χ1) is 11.2. The van der Waals surface area contributed by atoms with Crippen LogP contribution in [0.25, 0.3) is 0 Å². The van der Waals surface area contributed by atoms with Crippen molar-refractivity contribution in [1.82, 2.24) is 20.2 Å². The molecule has 0 bridgehead atoms. The van der Waals surface area contributed by atoms with Gasteiger partial charge in [-0.1, -0.05) is 31.2 Å². The van der Waals surface area contributed by atoms with E-state index in [0.29, 0.717) is 6.04 Å². The molecule has 1 aliphatic rings. The maximum atomic E-state index is 4.29. The summed E-state index contributed by atoms with van der Waals surface area (Å²) >= 11 is 0. The summed E-state index contributed by atoms with van der Waals surface area (Å²) in [5, 5.41) is 6.84. The van der Waals surface area contributed by atoms with E-state index in [0.717, 1.165) is 30.8 Å². The third-order valence-electron chi connectivity index (χ3n) is 4.38. The Morgan fingerprint density at radius 2 is 2.12 bits per heavy atom. The van der Waals surface area contributed by atoms with E-state index in [9.17, 15) is 0 Å². The van der Waals surface area contributed by atoms with Gasteiger partial charge in [-0.15, -0.1) is 24.0 Å². The molecule has 5 nitrogen and oxygen atoms in total. The zero-order valence-corrected chi connectivity index (χ0v) is 16.8. The number of benzene rings is 1. The molecule has 1 aromatic heterocycles. The van der Waals surface area contributed by atoms with Crippen molar-refractivity contribution in [2.45, 2.75) is 39.4 Å². The van der Waals surface area contributed by atoms with Gasteiger partial charge in [-0.2, -0.15) is 0 Å². The van der Waals surface area contributed by atoms with Crippen LogP contribution in [0.1, 0.15) is 30.3 Å². The van der Waals surface area contributed by atoms with Gasteiger partial charge in [0.15, 0.2) is 5.96 Å². The fourth-order valence-electron chi connectivity index (χ4n) is 2.68. The van der Waals surface area contributed by atoms with Crippen LogP contribution in [0.2, 0.25) is 0 Å². The van der Waals surface area contributed by atoms with Gasteiger partial charge in [0.25, 0.3) is 0 Å². The summed E-state index contributed by atoms with van der Waals surface area (Å²) in [5.41, 5.74) is 2.54. The van der Waals surface area contributed by atoms with Crippen LogP contribution < -0.4 is 10.6 Å². The van der Waals surface area contributed by atoms with E-state index in [-0.39, 0.29) is 24.0 Å². The van der Waals surface area contributed by atoms with Gasteiger partial charge < -0.3 is 15.2 Å². The van der Waals surface area contributed by atoms with Crippen LogP contribution in [0.15, 0.2) is 41.7 Å². The summed E-state index contributed by atoms with van der Waals surface area (Å²) in [6.45, 7) is 5.91. The summed E-state index contributed by atoms with van der Waals surface area (Å²) in [7, 11) is 1.82. The molecular weight excluding hydrogens is 413 g/mol. The number of nitrogens with one attached hydrogen (secondary N) is 2. The number of aromatic nitrogens is 2. The van der Waals surface area contributed by atoms with E-state index in [1.54, 1.807) is 0 Å². The number of hydrogen-bond acceptors (Lipinski definition) is 2. The van der Waals surface area contributed by atoms with Crippen molar-refractivity contribution in [1.29, 1.82) is 0 Å². The third kappa shape index (κ3) is 4.96. The molecule has 130 valence electrons. The van der Waals surface area contributed by atoms with Gasteiger partial charge >= 0.3 is 0 Å². The van der Waals surface area contributed by atoms with Crippen LogP contribution in [-0.2, 0) is 13.1 Å². The van der Waals surface area contributed by atoms with E-state index < -0.39 is 0 Å². The second-order valence-electron chi connectivity index (χ2n) is 6.31. The molecule has 6 heteroatoms. The molecule has 2 atom stereocenters. The van der Waals surface area contributed by atoms with Crippen LogP contribution in [0.3, 0.4) is 0 Å². The highest BCUT2D eigenvalue weighted by molar-refractivity contribution is 14.0. The summed E-state index contributed by atoms with van der Waals surface area (Å²) in [5.74, 6) is 2.68. The van der Waals surface area contributed by atoms with Crippen LogP contribution >= 0.6 is 24.0 Å². The van der Waals surface area contributed by atoms with Crippen molar-refractivity contribution >= 4 is 29.9 Å². The Morgan fingerprint density at radius 1 is 1.38 bits per heavy atom. The van der Waals surface area contributed by atoms with Gasteiger partial charge in [0.1, 0.15) is 5.82 Å². The highest BCUT2D eigenvalue weighted by Gasteiger charge is 2.33. The van der Waals surface area contributed by atoms with Gasteiger partial charge in [0.05, 0.1) is 0 Å². The fraction of sp³-hybridized carbons (Fsp3) is 0.444. The Kier molecular flexibility index (Phi) is 6.65. The minimum Gasteiger partial charge on any atom is -0.353 e. The molecule has 1 saturated carbocycles. The molecular formula is C18H26IN5. The van der Waals surface area contributed by atoms with Gasteiger partial charge in [0.2, 0.25) is 0 Å². The van der Waals surface area contributed by atoms with Crippen LogP contribution in [0.5, 0.6) is 0 Å². The molecule has 0 radical (unpaired) electrons. The van der Waals surface area contributed by atoms with E-state index >= 15 is 0 Å². The zero-order chi connectivity index (χ0) is 16.2. The standard InChI is InChI=1S/C18H25N5.HI/c1-13-9-17(13)22-18(19-3)21-11-15-5-4-6-16(10-15)12-23-8-7-20-14(23)2;/h4-8,10,13,17H,9,11-12H2,1-3H3,(H2,19,21,22);1H.